The van der Waals surface area contributed by atoms with Gasteiger partial charge in [0, 0.05) is 11.3 Å². The van der Waals surface area contributed by atoms with Crippen molar-refractivity contribution < 1.29 is 18.8 Å². The lowest BCUT2D eigenvalue weighted by atomic mass is 9.75. The second kappa shape index (κ2) is 7.90. The fourth-order valence-corrected chi connectivity index (χ4v) is 5.23. The molecule has 3 atom stereocenters. The third kappa shape index (κ3) is 4.84. The molecule has 1 saturated carbocycles. The van der Waals surface area contributed by atoms with Gasteiger partial charge in [-0.25, -0.2) is 0 Å². The van der Waals surface area contributed by atoms with Crippen molar-refractivity contribution in [2.45, 2.75) is 65.8 Å². The molecule has 0 radical (unpaired) electrons. The third-order valence-corrected chi connectivity index (χ3v) is 7.36. The van der Waals surface area contributed by atoms with E-state index in [1.807, 2.05) is 12.3 Å². The minimum atomic E-state index is -1.62. The molecule has 1 aliphatic rings. The normalized spacial score (nSPS) is 24.2. The zero-order chi connectivity index (χ0) is 18.8. The number of hydrogen-bond donors (Lipinski definition) is 0. The van der Waals surface area contributed by atoms with Crippen molar-refractivity contribution in [2.75, 3.05) is 7.11 Å². The Kier molecular flexibility index (Phi) is 6.30. The molecule has 1 aliphatic carbocycles. The molecule has 1 heterocycles. The molecule has 1 aromatic rings. The molecule has 5 heteroatoms. The third-order valence-electron chi connectivity index (χ3n) is 5.37. The van der Waals surface area contributed by atoms with E-state index < -0.39 is 8.07 Å². The van der Waals surface area contributed by atoms with Crippen LogP contribution in [0.1, 0.15) is 40.0 Å². The Morgan fingerprint density at radius 1 is 1.28 bits per heavy atom. The fourth-order valence-electron chi connectivity index (χ4n) is 3.78. The van der Waals surface area contributed by atoms with Crippen molar-refractivity contribution in [1.29, 1.82) is 0 Å². The first-order valence-corrected chi connectivity index (χ1v) is 12.9. The van der Waals surface area contributed by atoms with Crippen LogP contribution in [0.5, 0.6) is 5.75 Å². The van der Waals surface area contributed by atoms with E-state index in [0.29, 0.717) is 17.8 Å². The van der Waals surface area contributed by atoms with E-state index >= 15 is 0 Å². The molecule has 140 valence electrons. The lowest BCUT2D eigenvalue weighted by Crippen LogP contribution is -2.52. The molecule has 1 fully saturated rings. The van der Waals surface area contributed by atoms with Gasteiger partial charge in [0.1, 0.15) is 11.9 Å². The Hall–Kier alpha value is -1.36. The van der Waals surface area contributed by atoms with Crippen molar-refractivity contribution in [3.8, 4) is 5.75 Å². The van der Waals surface area contributed by atoms with E-state index in [2.05, 4.69) is 40.4 Å². The van der Waals surface area contributed by atoms with E-state index in [1.165, 1.54) is 6.42 Å². The van der Waals surface area contributed by atoms with Gasteiger partial charge >= 0.3 is 6.09 Å². The lowest BCUT2D eigenvalue weighted by molar-refractivity contribution is -0.587. The number of rotatable bonds is 4. The number of nitrogens with zero attached hydrogens (tertiary/aromatic N) is 1. The second-order valence-electron chi connectivity index (χ2n) is 8.83. The molecule has 0 amide bonds. The number of hydrogen-bond acceptors (Lipinski definition) is 3. The second-order valence-corrected chi connectivity index (χ2v) is 13.9. The number of ether oxygens (including phenoxy) is 2. The predicted octanol–water partition coefficient (Wildman–Crippen LogP) is 3.97. The number of carbonyl (C=O) groups excluding carboxylic acids is 1. The van der Waals surface area contributed by atoms with Crippen LogP contribution in [0.3, 0.4) is 0 Å². The van der Waals surface area contributed by atoms with Gasteiger partial charge in [0.2, 0.25) is 0 Å². The number of methoxy groups -OCH3 is 1. The average Bonchev–Trinajstić information content (AvgIpc) is 2.53. The average molecular weight is 365 g/mol. The first-order chi connectivity index (χ1) is 11.6. The fraction of sp³-hybridized carbons (Fsp3) is 0.700. The van der Waals surface area contributed by atoms with Gasteiger partial charge in [0.05, 0.1) is 15.2 Å². The van der Waals surface area contributed by atoms with Crippen LogP contribution in [0, 0.1) is 17.8 Å². The van der Waals surface area contributed by atoms with Crippen LogP contribution in [0.15, 0.2) is 18.5 Å². The van der Waals surface area contributed by atoms with Gasteiger partial charge in [-0.05, 0) is 30.6 Å². The summed E-state index contributed by atoms with van der Waals surface area (Å²) in [4.78, 5) is 12.8. The minimum absolute atomic E-state index is 0.0150. The largest absolute Gasteiger partial charge is 0.602 e. The van der Waals surface area contributed by atoms with Crippen molar-refractivity contribution in [3.63, 3.8) is 0 Å². The number of carbonyl (C=O) groups is 1. The Morgan fingerprint density at radius 2 is 1.96 bits per heavy atom. The molecule has 4 nitrogen and oxygen atoms in total. The molecule has 1 aromatic heterocycles. The van der Waals surface area contributed by atoms with Crippen molar-refractivity contribution in [1.82, 2.24) is 0 Å². The van der Waals surface area contributed by atoms with Gasteiger partial charge < -0.3 is 9.47 Å². The molecule has 0 saturated heterocycles. The van der Waals surface area contributed by atoms with Crippen molar-refractivity contribution in [3.05, 3.63) is 18.5 Å². The Morgan fingerprint density at radius 3 is 2.52 bits per heavy atom. The van der Waals surface area contributed by atoms with E-state index in [9.17, 15) is 4.79 Å². The van der Waals surface area contributed by atoms with Gasteiger partial charge in [-0.2, -0.15) is 4.79 Å². The van der Waals surface area contributed by atoms with E-state index in [4.69, 9.17) is 9.47 Å². The summed E-state index contributed by atoms with van der Waals surface area (Å²) in [7, 11) is 0.0545. The maximum atomic E-state index is 12.8. The van der Waals surface area contributed by atoms with Crippen molar-refractivity contribution in [2.24, 2.45) is 17.8 Å². The highest BCUT2D eigenvalue weighted by Crippen LogP contribution is 2.35. The molecule has 0 N–H and O–H groups in total. The smallest absolute Gasteiger partial charge is 0.496 e. The summed E-state index contributed by atoms with van der Waals surface area (Å²) in [6.07, 6.45) is 6.74. The summed E-state index contributed by atoms with van der Waals surface area (Å²) >= 11 is 0. The van der Waals surface area contributed by atoms with E-state index in [0.717, 1.165) is 23.8 Å². The van der Waals surface area contributed by atoms with Crippen LogP contribution in [-0.4, -0.2) is 27.4 Å². The highest BCUT2D eigenvalue weighted by molar-refractivity contribution is 6.89. The summed E-state index contributed by atoms with van der Waals surface area (Å²) in [6.45, 7) is 13.5. The zero-order valence-corrected chi connectivity index (χ0v) is 17.8. The van der Waals surface area contributed by atoms with Gasteiger partial charge in [-0.3, -0.25) is 0 Å². The zero-order valence-electron chi connectivity index (χ0n) is 16.8. The van der Waals surface area contributed by atoms with Crippen LogP contribution in [-0.2, 0) is 4.74 Å². The molecule has 2 rings (SSSR count). The van der Waals surface area contributed by atoms with Gasteiger partial charge in [0.25, 0.3) is 0 Å². The molecule has 0 unspecified atom stereocenters. The first-order valence-electron chi connectivity index (χ1n) is 9.44. The van der Waals surface area contributed by atoms with Crippen molar-refractivity contribution >= 4 is 19.4 Å². The summed E-state index contributed by atoms with van der Waals surface area (Å²) in [6, 6.07) is 1.87. The Balaban J connectivity index is 2.22. The Bertz CT molecular complexity index is 609. The standard InChI is InChI=1S/C20H34NO3Si/c1-14(2)16-9-8-15(3)12-18(16)24-20(22)21-11-10-17(23-4)19(13-21)25(5,6)7/h10-11,13-16,18H,8-9,12H2,1-7H3/q+1/t15-,16+,18-/m1/s1. The summed E-state index contributed by atoms with van der Waals surface area (Å²) in [5.74, 6) is 2.46. The van der Waals surface area contributed by atoms with Crippen LogP contribution < -0.4 is 14.5 Å². The van der Waals surface area contributed by atoms with E-state index in [-0.39, 0.29) is 12.2 Å². The maximum absolute atomic E-state index is 12.8. The monoisotopic (exact) mass is 364 g/mol. The molecule has 0 aromatic carbocycles. The molecule has 25 heavy (non-hydrogen) atoms. The Labute approximate surface area is 153 Å². The molecule has 0 aliphatic heterocycles. The van der Waals surface area contributed by atoms with E-state index in [1.54, 1.807) is 17.9 Å². The van der Waals surface area contributed by atoms with Gasteiger partial charge in [-0.15, -0.1) is 0 Å². The van der Waals surface area contributed by atoms with Crippen LogP contribution >= 0.6 is 0 Å². The first kappa shape index (κ1) is 20.0. The van der Waals surface area contributed by atoms with Crippen LogP contribution in [0.2, 0.25) is 19.6 Å². The summed E-state index contributed by atoms with van der Waals surface area (Å²) < 4.78 is 13.0. The summed E-state index contributed by atoms with van der Waals surface area (Å²) in [5.41, 5.74) is 0. The molecular formula is C20H34NO3Si+. The molecule has 0 bridgehead atoms. The van der Waals surface area contributed by atoms with Gasteiger partial charge in [0.15, 0.2) is 12.4 Å². The van der Waals surface area contributed by atoms with Gasteiger partial charge in [-0.1, -0.05) is 51.4 Å². The molecule has 0 spiro atoms. The maximum Gasteiger partial charge on any atom is 0.602 e. The number of aromatic nitrogens is 1. The quantitative estimate of drug-likeness (QED) is 0.599. The SMILES string of the molecule is COc1cc[n+](C(=O)O[C@@H]2C[C@H](C)CC[C@H]2C(C)C)cc1[Si](C)(C)C. The van der Waals surface area contributed by atoms with Crippen LogP contribution in [0.25, 0.3) is 0 Å². The minimum Gasteiger partial charge on any atom is -0.496 e. The molecular weight excluding hydrogens is 330 g/mol. The highest BCUT2D eigenvalue weighted by atomic mass is 28.3. The summed E-state index contributed by atoms with van der Waals surface area (Å²) in [5, 5.41) is 1.13. The number of pyridine rings is 1. The van der Waals surface area contributed by atoms with Crippen LogP contribution in [0.4, 0.5) is 4.79 Å². The lowest BCUT2D eigenvalue weighted by Gasteiger charge is -2.35. The topological polar surface area (TPSA) is 39.4 Å². The highest BCUT2D eigenvalue weighted by Gasteiger charge is 2.36. The predicted molar refractivity (Wildman–Crippen MR) is 103 cm³/mol.